The van der Waals surface area contributed by atoms with Gasteiger partial charge in [-0.1, -0.05) is 12.1 Å². The lowest BCUT2D eigenvalue weighted by Crippen LogP contribution is -2.53. The lowest BCUT2D eigenvalue weighted by atomic mass is 9.74. The van der Waals surface area contributed by atoms with Gasteiger partial charge in [0, 0.05) is 29.7 Å². The van der Waals surface area contributed by atoms with Gasteiger partial charge in [0.1, 0.15) is 11.5 Å². The van der Waals surface area contributed by atoms with Crippen LogP contribution in [0, 0.1) is 22.0 Å². The molecule has 2 heterocycles. The fourth-order valence-corrected chi connectivity index (χ4v) is 4.61. The summed E-state index contributed by atoms with van der Waals surface area (Å²) in [7, 11) is 3.14. The van der Waals surface area contributed by atoms with E-state index in [9.17, 15) is 20.0 Å². The number of carbonyl (C=O) groups is 1. The first-order valence-corrected chi connectivity index (χ1v) is 9.89. The zero-order valence-electron chi connectivity index (χ0n) is 17.1. The summed E-state index contributed by atoms with van der Waals surface area (Å²) < 4.78 is 10.8. The standard InChI is InChI=1S/C21H24N4O6/c1-30-13-6-7-17(31-2)14(9-13)16-10-15(21(26)27)18-19(23-24-20(18)22-16)11-4-3-5-12(8-11)25(28)29/h3-9,15-16,18-20,22-24H,10H2,1-2H3,(H,26,27). The number of hydrogen-bond donors (Lipinski definition) is 4. The van der Waals surface area contributed by atoms with E-state index in [4.69, 9.17) is 9.47 Å². The molecule has 10 nitrogen and oxygen atoms in total. The molecule has 0 radical (unpaired) electrons. The van der Waals surface area contributed by atoms with Crippen molar-refractivity contribution in [3.63, 3.8) is 0 Å². The molecule has 2 aliphatic heterocycles. The molecule has 4 rings (SSSR count). The highest BCUT2D eigenvalue weighted by Crippen LogP contribution is 2.44. The Hall–Kier alpha value is -3.21. The van der Waals surface area contributed by atoms with Crippen molar-refractivity contribution in [2.24, 2.45) is 11.8 Å². The van der Waals surface area contributed by atoms with E-state index >= 15 is 0 Å². The number of carboxylic acid groups (broad SMARTS) is 1. The van der Waals surface area contributed by atoms with Crippen LogP contribution in [0.25, 0.3) is 0 Å². The number of carboxylic acids is 1. The van der Waals surface area contributed by atoms with E-state index in [1.165, 1.54) is 12.1 Å². The van der Waals surface area contributed by atoms with Crippen molar-refractivity contribution in [1.29, 1.82) is 0 Å². The minimum absolute atomic E-state index is 0.0302. The van der Waals surface area contributed by atoms with Gasteiger partial charge in [0.15, 0.2) is 0 Å². The van der Waals surface area contributed by atoms with Crippen molar-refractivity contribution in [3.8, 4) is 11.5 Å². The number of fused-ring (bicyclic) bond motifs is 1. The number of non-ortho nitro benzene ring substituents is 1. The Morgan fingerprint density at radius 1 is 1.16 bits per heavy atom. The van der Waals surface area contributed by atoms with E-state index in [1.807, 2.05) is 6.07 Å². The number of nitro groups is 1. The van der Waals surface area contributed by atoms with Gasteiger partial charge in [-0.15, -0.1) is 0 Å². The van der Waals surface area contributed by atoms with E-state index in [0.29, 0.717) is 23.5 Å². The number of rotatable bonds is 6. The molecule has 0 aliphatic carbocycles. The zero-order valence-corrected chi connectivity index (χ0v) is 17.1. The third-order valence-corrected chi connectivity index (χ3v) is 6.07. The van der Waals surface area contributed by atoms with Crippen LogP contribution in [0.1, 0.15) is 29.6 Å². The maximum atomic E-state index is 12.3. The zero-order chi connectivity index (χ0) is 22.1. The molecule has 31 heavy (non-hydrogen) atoms. The van der Waals surface area contributed by atoms with Crippen LogP contribution < -0.4 is 25.6 Å². The Bertz CT molecular complexity index is 1000. The molecule has 5 unspecified atom stereocenters. The summed E-state index contributed by atoms with van der Waals surface area (Å²) in [6.45, 7) is 0. The number of nitrogens with zero attached hydrogens (tertiary/aromatic N) is 1. The van der Waals surface area contributed by atoms with E-state index in [-0.39, 0.29) is 23.8 Å². The number of methoxy groups -OCH3 is 2. The van der Waals surface area contributed by atoms with E-state index < -0.39 is 22.9 Å². The monoisotopic (exact) mass is 428 g/mol. The quantitative estimate of drug-likeness (QED) is 0.403. The summed E-state index contributed by atoms with van der Waals surface area (Å²) in [5.74, 6) is -0.670. The Labute approximate surface area is 178 Å². The number of piperidine rings is 1. The summed E-state index contributed by atoms with van der Waals surface area (Å²) in [6.07, 6.45) is -0.0329. The Kier molecular flexibility index (Phi) is 5.77. The molecule has 2 aliphatic rings. The van der Waals surface area contributed by atoms with E-state index in [2.05, 4.69) is 16.2 Å². The molecule has 2 aromatic carbocycles. The second-order valence-corrected chi connectivity index (χ2v) is 7.68. The van der Waals surface area contributed by atoms with Crippen molar-refractivity contribution in [2.45, 2.75) is 24.7 Å². The van der Waals surface area contributed by atoms with Gasteiger partial charge < -0.3 is 14.6 Å². The summed E-state index contributed by atoms with van der Waals surface area (Å²) in [6, 6.07) is 11.0. The topological polar surface area (TPSA) is 135 Å². The first-order chi connectivity index (χ1) is 14.9. The van der Waals surface area contributed by atoms with Crippen LogP contribution in [0.15, 0.2) is 42.5 Å². The van der Waals surface area contributed by atoms with Gasteiger partial charge in [0.2, 0.25) is 0 Å². The van der Waals surface area contributed by atoms with Crippen molar-refractivity contribution in [3.05, 3.63) is 63.7 Å². The van der Waals surface area contributed by atoms with Crippen molar-refractivity contribution < 1.29 is 24.3 Å². The molecule has 0 amide bonds. The number of nitro benzene ring substituents is 1. The summed E-state index contributed by atoms with van der Waals surface area (Å²) in [5, 5.41) is 24.7. The highest BCUT2D eigenvalue weighted by molar-refractivity contribution is 5.71. The summed E-state index contributed by atoms with van der Waals surface area (Å²) in [4.78, 5) is 23.0. The van der Waals surface area contributed by atoms with E-state index in [0.717, 1.165) is 5.56 Å². The van der Waals surface area contributed by atoms with Gasteiger partial charge in [-0.25, -0.2) is 10.9 Å². The van der Waals surface area contributed by atoms with Gasteiger partial charge in [-0.05, 0) is 30.2 Å². The number of aliphatic carboxylic acids is 1. The van der Waals surface area contributed by atoms with Gasteiger partial charge in [0.05, 0.1) is 37.3 Å². The molecule has 4 N–H and O–H groups in total. The molecule has 2 fully saturated rings. The first-order valence-electron chi connectivity index (χ1n) is 9.89. The molecule has 0 spiro atoms. The van der Waals surface area contributed by atoms with Gasteiger partial charge in [-0.2, -0.15) is 0 Å². The van der Waals surface area contributed by atoms with Gasteiger partial charge in [0.25, 0.3) is 5.69 Å². The average molecular weight is 428 g/mol. The summed E-state index contributed by atoms with van der Waals surface area (Å²) >= 11 is 0. The minimum Gasteiger partial charge on any atom is -0.497 e. The lowest BCUT2D eigenvalue weighted by molar-refractivity contribution is -0.384. The third-order valence-electron chi connectivity index (χ3n) is 6.07. The normalized spacial score (nSPS) is 27.4. The molecule has 2 saturated heterocycles. The third kappa shape index (κ3) is 3.92. The smallest absolute Gasteiger partial charge is 0.307 e. The highest BCUT2D eigenvalue weighted by atomic mass is 16.6. The molecular weight excluding hydrogens is 404 g/mol. The molecule has 164 valence electrons. The summed E-state index contributed by atoms with van der Waals surface area (Å²) in [5.41, 5.74) is 7.72. The minimum atomic E-state index is -0.913. The average Bonchev–Trinajstić information content (AvgIpc) is 3.22. The van der Waals surface area contributed by atoms with Crippen LogP contribution in [0.2, 0.25) is 0 Å². The molecule has 0 aromatic heterocycles. The maximum absolute atomic E-state index is 12.3. The van der Waals surface area contributed by atoms with Gasteiger partial charge >= 0.3 is 5.97 Å². The molecule has 2 aromatic rings. The first kappa shape index (κ1) is 21.0. The Morgan fingerprint density at radius 3 is 2.65 bits per heavy atom. The number of ether oxygens (including phenoxy) is 2. The predicted molar refractivity (Wildman–Crippen MR) is 111 cm³/mol. The maximum Gasteiger partial charge on any atom is 0.307 e. The van der Waals surface area contributed by atoms with Crippen molar-refractivity contribution in [2.75, 3.05) is 14.2 Å². The van der Waals surface area contributed by atoms with Crippen LogP contribution in [0.4, 0.5) is 5.69 Å². The molecule has 0 saturated carbocycles. The molecule has 0 bridgehead atoms. The van der Waals surface area contributed by atoms with Crippen molar-refractivity contribution in [1.82, 2.24) is 16.2 Å². The highest BCUT2D eigenvalue weighted by Gasteiger charge is 2.50. The van der Waals surface area contributed by atoms with Crippen LogP contribution >= 0.6 is 0 Å². The SMILES string of the molecule is COc1ccc(OC)c(C2CC(C(=O)O)C3C(NNC3c3cccc([N+](=O)[O-])c3)N2)c1. The lowest BCUT2D eigenvalue weighted by Gasteiger charge is -2.39. The Balaban J connectivity index is 1.66. The fourth-order valence-electron chi connectivity index (χ4n) is 4.61. The van der Waals surface area contributed by atoms with Crippen LogP contribution in [0.5, 0.6) is 11.5 Å². The molecule has 10 heteroatoms. The number of benzene rings is 2. The van der Waals surface area contributed by atoms with Crippen LogP contribution in [0.3, 0.4) is 0 Å². The largest absolute Gasteiger partial charge is 0.497 e. The van der Waals surface area contributed by atoms with E-state index in [1.54, 1.807) is 38.5 Å². The predicted octanol–water partition coefficient (Wildman–Crippen LogP) is 2.14. The van der Waals surface area contributed by atoms with Gasteiger partial charge in [-0.3, -0.25) is 20.2 Å². The van der Waals surface area contributed by atoms with Crippen LogP contribution in [-0.2, 0) is 4.79 Å². The Morgan fingerprint density at radius 2 is 1.97 bits per heavy atom. The number of hydrazine groups is 1. The molecular formula is C21H24N4O6. The molecule has 5 atom stereocenters. The number of hydrogen-bond acceptors (Lipinski definition) is 8. The van der Waals surface area contributed by atoms with Crippen molar-refractivity contribution >= 4 is 11.7 Å². The second kappa shape index (κ2) is 8.50. The van der Waals surface area contributed by atoms with Crippen LogP contribution in [-0.4, -0.2) is 36.4 Å². The fraction of sp³-hybridized carbons (Fsp3) is 0.381. The number of nitrogens with one attached hydrogen (secondary N) is 3. The second-order valence-electron chi connectivity index (χ2n) is 7.68.